The van der Waals surface area contributed by atoms with Gasteiger partial charge >= 0.3 is 0 Å². The molecule has 0 amide bonds. The van der Waals surface area contributed by atoms with Crippen LogP contribution in [0.4, 0.5) is 0 Å². The van der Waals surface area contributed by atoms with Gasteiger partial charge in [-0.2, -0.15) is 0 Å². The largest absolute Gasteiger partial charge is 0.397 e. The van der Waals surface area contributed by atoms with Gasteiger partial charge in [0.15, 0.2) is 0 Å². The Labute approximate surface area is 79.0 Å². The molecule has 4 nitrogen and oxygen atoms in total. The van der Waals surface area contributed by atoms with Crippen LogP contribution in [0.3, 0.4) is 0 Å². The second kappa shape index (κ2) is 6.98. The summed E-state index contributed by atoms with van der Waals surface area (Å²) in [5, 5.41) is 2.78. The van der Waals surface area contributed by atoms with Gasteiger partial charge in [-0.15, -0.1) is 0 Å². The van der Waals surface area contributed by atoms with Crippen molar-refractivity contribution in [3.05, 3.63) is 0 Å². The Morgan fingerprint density at radius 2 is 2.17 bits per heavy atom. The van der Waals surface area contributed by atoms with Gasteiger partial charge in [0.1, 0.15) is 13.4 Å². The smallest absolute Gasteiger partial charge is 0.293 e. The molecule has 0 saturated heterocycles. The lowest BCUT2D eigenvalue weighted by Gasteiger charge is -2.28. The normalized spacial score (nSPS) is 13.2. The maximum absolute atomic E-state index is 5.37. The summed E-state index contributed by atoms with van der Waals surface area (Å²) < 4.78 is 11.2. The number of hydrogen-bond donors (Lipinski definition) is 1. The highest BCUT2D eigenvalue weighted by molar-refractivity contribution is 7.51. The molecule has 60 valence electrons. The molecular formula is C3H9B4N2O2P. The summed E-state index contributed by atoms with van der Waals surface area (Å²) in [6.45, 7) is -0.309. The van der Waals surface area contributed by atoms with Crippen LogP contribution < -0.4 is 5.32 Å². The quantitative estimate of drug-likeness (QED) is 0.314. The molecular weight excluding hydrogens is 170 g/mol. The van der Waals surface area contributed by atoms with Gasteiger partial charge in [0.25, 0.3) is 8.05 Å². The molecule has 1 atom stereocenters. The van der Waals surface area contributed by atoms with Crippen molar-refractivity contribution in [1.82, 2.24) is 9.90 Å². The molecule has 0 aliphatic rings. The van der Waals surface area contributed by atoms with E-state index in [2.05, 4.69) is 9.76 Å². The molecule has 0 fully saturated rings. The SMILES string of the molecule is [B]OP(OCNC)N(C)B([B])[B]. The van der Waals surface area contributed by atoms with Crippen molar-refractivity contribution >= 4 is 38.7 Å². The zero-order valence-electron chi connectivity index (χ0n) is 7.23. The van der Waals surface area contributed by atoms with Crippen molar-refractivity contribution in [3.8, 4) is 0 Å². The molecule has 6 radical (unpaired) electrons. The third kappa shape index (κ3) is 4.53. The van der Waals surface area contributed by atoms with Gasteiger partial charge in [0.2, 0.25) is 8.53 Å². The van der Waals surface area contributed by atoms with E-state index < -0.39 is 15.2 Å². The van der Waals surface area contributed by atoms with Crippen LogP contribution in [0, 0.1) is 0 Å². The second-order valence-electron chi connectivity index (χ2n) is 2.03. The molecule has 0 saturated carbocycles. The lowest BCUT2D eigenvalue weighted by Crippen LogP contribution is -2.35. The van der Waals surface area contributed by atoms with Gasteiger partial charge in [0.05, 0.1) is 0 Å². The molecule has 0 rings (SSSR count). The fraction of sp³-hybridized carbons (Fsp3) is 1.00. The lowest BCUT2D eigenvalue weighted by atomic mass is 9.28. The highest BCUT2D eigenvalue weighted by Gasteiger charge is 2.18. The molecule has 0 aromatic heterocycles. The Bertz CT molecular complexity index is 120. The molecule has 9 heteroatoms. The molecule has 1 unspecified atom stereocenters. The Kier molecular flexibility index (Phi) is 7.29. The molecule has 0 bridgehead atoms. The Balaban J connectivity index is 3.79. The Morgan fingerprint density at radius 1 is 1.58 bits per heavy atom. The lowest BCUT2D eigenvalue weighted by molar-refractivity contribution is 0.280. The first-order valence-electron chi connectivity index (χ1n) is 3.32. The third-order valence-electron chi connectivity index (χ3n) is 1.10. The molecule has 0 spiro atoms. The van der Waals surface area contributed by atoms with Crippen LogP contribution in [0.25, 0.3) is 0 Å². The second-order valence-corrected chi connectivity index (χ2v) is 3.61. The van der Waals surface area contributed by atoms with E-state index in [0.717, 1.165) is 0 Å². The minimum absolute atomic E-state index is 0.333. The first kappa shape index (κ1) is 12.5. The zero-order chi connectivity index (χ0) is 9.56. The van der Waals surface area contributed by atoms with E-state index in [1.807, 2.05) is 0 Å². The molecule has 0 aromatic rings. The van der Waals surface area contributed by atoms with Crippen molar-refractivity contribution < 1.29 is 8.96 Å². The van der Waals surface area contributed by atoms with E-state index in [1.54, 1.807) is 14.1 Å². The summed E-state index contributed by atoms with van der Waals surface area (Å²) in [6, 6.07) is 0. The molecule has 0 aromatic carbocycles. The fourth-order valence-corrected chi connectivity index (χ4v) is 1.27. The summed E-state index contributed by atoms with van der Waals surface area (Å²) >= 11 is 0. The van der Waals surface area contributed by atoms with E-state index >= 15 is 0 Å². The maximum Gasteiger partial charge on any atom is 0.293 e. The molecule has 12 heavy (non-hydrogen) atoms. The number of rotatable bonds is 6. The van der Waals surface area contributed by atoms with Crippen molar-refractivity contribution in [2.45, 2.75) is 0 Å². The highest BCUT2D eigenvalue weighted by Crippen LogP contribution is 2.39. The van der Waals surface area contributed by atoms with Crippen LogP contribution >= 0.6 is 8.53 Å². The molecule has 0 aliphatic heterocycles. The van der Waals surface area contributed by atoms with Crippen molar-refractivity contribution in [1.29, 1.82) is 0 Å². The average Bonchev–Trinajstić information content (AvgIpc) is 2.05. The first-order chi connectivity index (χ1) is 5.63. The predicted molar refractivity (Wildman–Crippen MR) is 53.8 cm³/mol. The Morgan fingerprint density at radius 3 is 2.50 bits per heavy atom. The average molecular weight is 179 g/mol. The summed E-state index contributed by atoms with van der Waals surface area (Å²) in [5.41, 5.74) is 0. The minimum Gasteiger partial charge on any atom is -0.397 e. The van der Waals surface area contributed by atoms with Gasteiger partial charge in [-0.05, 0) is 14.1 Å². The number of nitrogens with one attached hydrogen (secondary N) is 1. The van der Waals surface area contributed by atoms with E-state index in [-0.39, 0.29) is 0 Å². The van der Waals surface area contributed by atoms with Crippen LogP contribution in [-0.2, 0) is 8.96 Å². The first-order valence-corrected chi connectivity index (χ1v) is 4.45. The van der Waals surface area contributed by atoms with Crippen LogP contribution in [0.2, 0.25) is 0 Å². The van der Waals surface area contributed by atoms with E-state index in [0.29, 0.717) is 6.73 Å². The number of hydrogen-bond acceptors (Lipinski definition) is 4. The van der Waals surface area contributed by atoms with Gasteiger partial charge in [0, 0.05) is 15.5 Å². The molecule has 1 N–H and O–H groups in total. The van der Waals surface area contributed by atoms with Crippen molar-refractivity contribution in [2.24, 2.45) is 0 Å². The summed E-state index contributed by atoms with van der Waals surface area (Å²) in [4.78, 5) is 0. The van der Waals surface area contributed by atoms with Gasteiger partial charge in [-0.1, -0.05) is 0 Å². The monoisotopic (exact) mass is 180 g/mol. The van der Waals surface area contributed by atoms with Crippen LogP contribution in [0.5, 0.6) is 0 Å². The van der Waals surface area contributed by atoms with E-state index in [9.17, 15) is 0 Å². The highest BCUT2D eigenvalue weighted by atomic mass is 31.2. The van der Waals surface area contributed by atoms with Crippen LogP contribution in [0.1, 0.15) is 0 Å². The summed E-state index contributed by atoms with van der Waals surface area (Å²) in [6.07, 6.45) is 0. The van der Waals surface area contributed by atoms with E-state index in [1.165, 1.54) is 4.58 Å². The number of nitrogens with zero attached hydrogens (tertiary/aromatic N) is 1. The van der Waals surface area contributed by atoms with Crippen molar-refractivity contribution in [2.75, 3.05) is 20.8 Å². The summed E-state index contributed by atoms with van der Waals surface area (Å²) in [7, 11) is 17.8. The third-order valence-corrected chi connectivity index (χ3v) is 2.41. The van der Waals surface area contributed by atoms with E-state index in [4.69, 9.17) is 28.0 Å². The molecule has 0 aliphatic carbocycles. The minimum atomic E-state index is -1.37. The maximum atomic E-state index is 5.37. The summed E-state index contributed by atoms with van der Waals surface area (Å²) in [5.74, 6) is 0. The van der Waals surface area contributed by atoms with Crippen LogP contribution in [-0.4, -0.2) is 55.6 Å². The van der Waals surface area contributed by atoms with Gasteiger partial charge < -0.3 is 8.96 Å². The van der Waals surface area contributed by atoms with Crippen LogP contribution in [0.15, 0.2) is 0 Å². The topological polar surface area (TPSA) is 33.7 Å². The zero-order valence-corrected chi connectivity index (χ0v) is 8.12. The van der Waals surface area contributed by atoms with Crippen molar-refractivity contribution in [3.63, 3.8) is 0 Å². The Hall–Kier alpha value is 0.530. The predicted octanol–water partition coefficient (Wildman–Crippen LogP) is -1.24. The molecule has 0 heterocycles. The standard InChI is InChI=1S/C3H9B4N2O2P/c1-8-3-10-12(11-6)9(2)7(4)5/h8H,3H2,1-2H3. The fourth-order valence-electron chi connectivity index (χ4n) is 0.424. The van der Waals surface area contributed by atoms with Gasteiger partial charge in [-0.25, -0.2) is 0 Å². The van der Waals surface area contributed by atoms with Gasteiger partial charge in [-0.3, -0.25) is 9.90 Å².